The van der Waals surface area contributed by atoms with Gasteiger partial charge in [-0.05, 0) is 17.7 Å². The van der Waals surface area contributed by atoms with Crippen LogP contribution in [-0.2, 0) is 11.3 Å². The summed E-state index contributed by atoms with van der Waals surface area (Å²) in [5.41, 5.74) is 2.08. The van der Waals surface area contributed by atoms with Crippen LogP contribution in [0.5, 0.6) is 0 Å². The summed E-state index contributed by atoms with van der Waals surface area (Å²) in [7, 11) is 1.70. The van der Waals surface area contributed by atoms with Crippen LogP contribution in [0.1, 0.15) is 31.2 Å². The fraction of sp³-hybridized carbons (Fsp3) is 0.350. The van der Waals surface area contributed by atoms with Crippen LogP contribution in [0.2, 0.25) is 0 Å². The third kappa shape index (κ3) is 4.46. The van der Waals surface area contributed by atoms with Gasteiger partial charge in [-0.2, -0.15) is 4.98 Å². The van der Waals surface area contributed by atoms with Crippen LogP contribution in [-0.4, -0.2) is 35.4 Å². The van der Waals surface area contributed by atoms with Crippen molar-refractivity contribution < 1.29 is 9.26 Å². The summed E-state index contributed by atoms with van der Waals surface area (Å²) in [6, 6.07) is 14.2. The number of anilines is 1. The summed E-state index contributed by atoms with van der Waals surface area (Å²) in [4.78, 5) is 11.2. The Morgan fingerprint density at radius 3 is 2.65 bits per heavy atom. The van der Waals surface area contributed by atoms with E-state index in [2.05, 4.69) is 32.2 Å². The highest BCUT2D eigenvalue weighted by Crippen LogP contribution is 2.24. The van der Waals surface area contributed by atoms with Gasteiger partial charge in [0.2, 0.25) is 0 Å². The van der Waals surface area contributed by atoms with E-state index >= 15 is 0 Å². The Labute approximate surface area is 153 Å². The number of hydrogen-bond acceptors (Lipinski definition) is 6. The second-order valence-electron chi connectivity index (χ2n) is 6.42. The number of methoxy groups -OCH3 is 1. The number of hydrogen-bond donors (Lipinski definition) is 0. The minimum Gasteiger partial charge on any atom is -0.383 e. The Morgan fingerprint density at radius 1 is 1.15 bits per heavy atom. The van der Waals surface area contributed by atoms with Gasteiger partial charge in [0.05, 0.1) is 6.61 Å². The second kappa shape index (κ2) is 8.58. The number of nitrogens with zero attached hydrogens (tertiary/aromatic N) is 4. The monoisotopic (exact) mass is 352 g/mol. The number of aromatic nitrogens is 3. The fourth-order valence-electron chi connectivity index (χ4n) is 2.59. The Balaban J connectivity index is 1.86. The third-order valence-electron chi connectivity index (χ3n) is 4.06. The molecule has 0 aliphatic rings. The van der Waals surface area contributed by atoms with Crippen LogP contribution in [0.25, 0.3) is 11.5 Å². The van der Waals surface area contributed by atoms with E-state index in [4.69, 9.17) is 9.26 Å². The van der Waals surface area contributed by atoms with Crippen LogP contribution in [0.3, 0.4) is 0 Å². The van der Waals surface area contributed by atoms with Crippen molar-refractivity contribution in [2.45, 2.75) is 26.3 Å². The first-order valence-electron chi connectivity index (χ1n) is 8.75. The molecule has 0 aliphatic carbocycles. The number of pyridine rings is 1. The van der Waals surface area contributed by atoms with Crippen LogP contribution in [0, 0.1) is 0 Å². The van der Waals surface area contributed by atoms with Crippen molar-refractivity contribution in [2.24, 2.45) is 0 Å². The molecule has 2 heterocycles. The lowest BCUT2D eigenvalue weighted by Crippen LogP contribution is -2.27. The quantitative estimate of drug-likeness (QED) is 0.612. The lowest BCUT2D eigenvalue weighted by Gasteiger charge is -2.23. The molecule has 0 unspecified atom stereocenters. The average Bonchev–Trinajstić information content (AvgIpc) is 3.17. The lowest BCUT2D eigenvalue weighted by atomic mass is 10.2. The zero-order valence-corrected chi connectivity index (χ0v) is 15.4. The Hall–Kier alpha value is -2.73. The first-order chi connectivity index (χ1) is 12.7. The zero-order valence-electron chi connectivity index (χ0n) is 15.4. The smallest absolute Gasteiger partial charge is 0.258 e. The van der Waals surface area contributed by atoms with E-state index in [0.29, 0.717) is 18.3 Å². The molecule has 0 saturated heterocycles. The fourth-order valence-corrected chi connectivity index (χ4v) is 2.59. The molecule has 0 fully saturated rings. The first-order valence-corrected chi connectivity index (χ1v) is 8.75. The van der Waals surface area contributed by atoms with E-state index in [0.717, 1.165) is 24.5 Å². The van der Waals surface area contributed by atoms with Crippen molar-refractivity contribution in [3.8, 4) is 11.5 Å². The standard InChI is InChI=1S/C20H24N4O2/c1-15(2)19-22-20(26-23-19)17-9-10-21-18(13-17)24(11-12-25-3)14-16-7-5-4-6-8-16/h4-10,13,15H,11-12,14H2,1-3H3. The number of ether oxygens (including phenoxy) is 1. The van der Waals surface area contributed by atoms with E-state index < -0.39 is 0 Å². The van der Waals surface area contributed by atoms with Crippen molar-refractivity contribution in [3.05, 3.63) is 60.0 Å². The summed E-state index contributed by atoms with van der Waals surface area (Å²) in [5, 5.41) is 4.04. The van der Waals surface area contributed by atoms with E-state index in [-0.39, 0.29) is 5.92 Å². The van der Waals surface area contributed by atoms with E-state index in [1.807, 2.05) is 44.2 Å². The summed E-state index contributed by atoms with van der Waals surface area (Å²) >= 11 is 0. The average molecular weight is 352 g/mol. The van der Waals surface area contributed by atoms with E-state index in [1.165, 1.54) is 5.56 Å². The van der Waals surface area contributed by atoms with Crippen LogP contribution >= 0.6 is 0 Å². The van der Waals surface area contributed by atoms with Gasteiger partial charge in [-0.25, -0.2) is 4.98 Å². The molecule has 3 aromatic rings. The van der Waals surface area contributed by atoms with Gasteiger partial charge >= 0.3 is 0 Å². The first kappa shape index (κ1) is 18.1. The molecule has 6 heteroatoms. The van der Waals surface area contributed by atoms with E-state index in [1.54, 1.807) is 13.3 Å². The van der Waals surface area contributed by atoms with Gasteiger partial charge in [0.25, 0.3) is 5.89 Å². The molecular formula is C20H24N4O2. The predicted molar refractivity (Wildman–Crippen MR) is 101 cm³/mol. The number of rotatable bonds is 8. The predicted octanol–water partition coefficient (Wildman–Crippen LogP) is 3.91. The highest BCUT2D eigenvalue weighted by atomic mass is 16.5. The molecule has 2 aromatic heterocycles. The van der Waals surface area contributed by atoms with Crippen molar-refractivity contribution in [2.75, 3.05) is 25.2 Å². The highest BCUT2D eigenvalue weighted by Gasteiger charge is 2.14. The molecule has 26 heavy (non-hydrogen) atoms. The Morgan fingerprint density at radius 2 is 1.96 bits per heavy atom. The SMILES string of the molecule is COCCN(Cc1ccccc1)c1cc(-c2nc(C(C)C)no2)ccn1. The molecule has 136 valence electrons. The molecule has 0 amide bonds. The number of benzene rings is 1. The van der Waals surface area contributed by atoms with Gasteiger partial charge < -0.3 is 14.2 Å². The molecule has 3 rings (SSSR count). The second-order valence-corrected chi connectivity index (χ2v) is 6.42. The van der Waals surface area contributed by atoms with Gasteiger partial charge in [0, 0.05) is 37.9 Å². The van der Waals surface area contributed by atoms with E-state index in [9.17, 15) is 0 Å². The Bertz CT molecular complexity index is 817. The van der Waals surface area contributed by atoms with Crippen LogP contribution < -0.4 is 4.90 Å². The molecular weight excluding hydrogens is 328 g/mol. The van der Waals surface area contributed by atoms with Gasteiger partial charge in [-0.1, -0.05) is 49.3 Å². The third-order valence-corrected chi connectivity index (χ3v) is 4.06. The minimum absolute atomic E-state index is 0.227. The molecule has 0 saturated carbocycles. The molecule has 0 aliphatic heterocycles. The van der Waals surface area contributed by atoms with Crippen LogP contribution in [0.4, 0.5) is 5.82 Å². The van der Waals surface area contributed by atoms with Crippen molar-refractivity contribution >= 4 is 5.82 Å². The van der Waals surface area contributed by atoms with Crippen molar-refractivity contribution in [3.63, 3.8) is 0 Å². The summed E-state index contributed by atoms with van der Waals surface area (Å²) in [5.74, 6) is 2.31. The zero-order chi connectivity index (χ0) is 18.4. The molecule has 6 nitrogen and oxygen atoms in total. The normalized spacial score (nSPS) is 11.1. The Kier molecular flexibility index (Phi) is 5.96. The maximum absolute atomic E-state index is 5.41. The highest BCUT2D eigenvalue weighted by molar-refractivity contribution is 5.58. The maximum atomic E-state index is 5.41. The van der Waals surface area contributed by atoms with Gasteiger partial charge in [0.1, 0.15) is 5.82 Å². The summed E-state index contributed by atoms with van der Waals surface area (Å²) in [6.45, 7) is 6.19. The summed E-state index contributed by atoms with van der Waals surface area (Å²) < 4.78 is 10.7. The molecule has 1 aromatic carbocycles. The largest absolute Gasteiger partial charge is 0.383 e. The van der Waals surface area contributed by atoms with Crippen LogP contribution in [0.15, 0.2) is 53.2 Å². The molecule has 0 atom stereocenters. The lowest BCUT2D eigenvalue weighted by molar-refractivity contribution is 0.205. The van der Waals surface area contributed by atoms with Gasteiger partial charge in [-0.3, -0.25) is 0 Å². The minimum atomic E-state index is 0.227. The topological polar surface area (TPSA) is 64.3 Å². The van der Waals surface area contributed by atoms with Crippen molar-refractivity contribution in [1.82, 2.24) is 15.1 Å². The maximum Gasteiger partial charge on any atom is 0.258 e. The summed E-state index contributed by atoms with van der Waals surface area (Å²) in [6.07, 6.45) is 1.77. The molecule has 0 N–H and O–H groups in total. The van der Waals surface area contributed by atoms with Gasteiger partial charge in [0.15, 0.2) is 5.82 Å². The van der Waals surface area contributed by atoms with Crippen molar-refractivity contribution in [1.29, 1.82) is 0 Å². The molecule has 0 radical (unpaired) electrons. The molecule has 0 spiro atoms. The molecule has 0 bridgehead atoms. The van der Waals surface area contributed by atoms with Gasteiger partial charge in [-0.15, -0.1) is 0 Å².